The summed E-state index contributed by atoms with van der Waals surface area (Å²) in [5.41, 5.74) is 0.778. The Labute approximate surface area is 116 Å². The lowest BCUT2D eigenvalue weighted by Gasteiger charge is -2.08. The van der Waals surface area contributed by atoms with Crippen LogP contribution in [0.5, 0.6) is 0 Å². The Bertz CT molecular complexity index is 468. The van der Waals surface area contributed by atoms with Crippen molar-refractivity contribution in [2.75, 3.05) is 13.1 Å². The first-order valence-corrected chi connectivity index (χ1v) is 6.55. The summed E-state index contributed by atoms with van der Waals surface area (Å²) in [5.74, 6) is -0.102. The number of carbonyl (C=O) groups excluding carboxylic acids is 1. The molecule has 1 saturated heterocycles. The third-order valence-corrected chi connectivity index (χ3v) is 3.35. The van der Waals surface area contributed by atoms with Gasteiger partial charge in [0, 0.05) is 28.7 Å². The SMILES string of the molecule is O=C(/C=C/c1ccc(Cl)cc1Cl)NC1CCNC1. The lowest BCUT2D eigenvalue weighted by Crippen LogP contribution is -2.34. The van der Waals surface area contributed by atoms with E-state index in [0.717, 1.165) is 25.1 Å². The van der Waals surface area contributed by atoms with E-state index in [1.165, 1.54) is 6.08 Å². The van der Waals surface area contributed by atoms with Gasteiger partial charge < -0.3 is 10.6 Å². The van der Waals surface area contributed by atoms with Gasteiger partial charge in [-0.05, 0) is 36.7 Å². The van der Waals surface area contributed by atoms with Gasteiger partial charge in [0.25, 0.3) is 0 Å². The van der Waals surface area contributed by atoms with Crippen molar-refractivity contribution in [2.24, 2.45) is 0 Å². The second kappa shape index (κ2) is 6.23. The van der Waals surface area contributed by atoms with E-state index in [-0.39, 0.29) is 11.9 Å². The number of rotatable bonds is 3. The molecule has 1 amide bonds. The van der Waals surface area contributed by atoms with Crippen molar-refractivity contribution in [3.63, 3.8) is 0 Å². The molecule has 0 aromatic heterocycles. The molecule has 96 valence electrons. The van der Waals surface area contributed by atoms with E-state index in [0.29, 0.717) is 10.0 Å². The maximum absolute atomic E-state index is 11.7. The maximum Gasteiger partial charge on any atom is 0.244 e. The Hall–Kier alpha value is -1.03. The molecule has 3 nitrogen and oxygen atoms in total. The highest BCUT2D eigenvalue weighted by Crippen LogP contribution is 2.21. The van der Waals surface area contributed by atoms with Crippen molar-refractivity contribution in [3.8, 4) is 0 Å². The molecule has 1 aromatic carbocycles. The number of amides is 1. The van der Waals surface area contributed by atoms with Crippen molar-refractivity contribution in [1.82, 2.24) is 10.6 Å². The molecule has 2 rings (SSSR count). The molecule has 1 aliphatic rings. The van der Waals surface area contributed by atoms with Crippen molar-refractivity contribution < 1.29 is 4.79 Å². The van der Waals surface area contributed by atoms with Crippen LogP contribution in [0.3, 0.4) is 0 Å². The first-order valence-electron chi connectivity index (χ1n) is 5.79. The minimum atomic E-state index is -0.102. The molecule has 0 saturated carbocycles. The predicted molar refractivity (Wildman–Crippen MR) is 74.9 cm³/mol. The van der Waals surface area contributed by atoms with E-state index in [2.05, 4.69) is 10.6 Å². The molecule has 0 radical (unpaired) electrons. The molecular formula is C13H14Cl2N2O. The summed E-state index contributed by atoms with van der Waals surface area (Å²) >= 11 is 11.8. The van der Waals surface area contributed by atoms with Crippen LogP contribution < -0.4 is 10.6 Å². The topological polar surface area (TPSA) is 41.1 Å². The summed E-state index contributed by atoms with van der Waals surface area (Å²) in [6, 6.07) is 5.40. The minimum absolute atomic E-state index is 0.102. The third kappa shape index (κ3) is 3.73. The van der Waals surface area contributed by atoms with Crippen molar-refractivity contribution in [2.45, 2.75) is 12.5 Å². The third-order valence-electron chi connectivity index (χ3n) is 2.78. The zero-order valence-electron chi connectivity index (χ0n) is 9.75. The number of hydrogen-bond acceptors (Lipinski definition) is 2. The van der Waals surface area contributed by atoms with Crippen LogP contribution in [-0.2, 0) is 4.79 Å². The van der Waals surface area contributed by atoms with Crippen LogP contribution in [0.25, 0.3) is 6.08 Å². The van der Waals surface area contributed by atoms with E-state index in [1.807, 2.05) is 0 Å². The van der Waals surface area contributed by atoms with Gasteiger partial charge in [0.1, 0.15) is 0 Å². The van der Waals surface area contributed by atoms with Gasteiger partial charge in [-0.2, -0.15) is 0 Å². The normalized spacial score (nSPS) is 19.3. The molecule has 0 bridgehead atoms. The van der Waals surface area contributed by atoms with Crippen LogP contribution in [0.4, 0.5) is 0 Å². The standard InChI is InChI=1S/C13H14Cl2N2O/c14-10-3-1-9(12(15)7-10)2-4-13(18)17-11-5-6-16-8-11/h1-4,7,11,16H,5-6,8H2,(H,17,18)/b4-2+. The van der Waals surface area contributed by atoms with E-state index in [4.69, 9.17) is 23.2 Å². The molecule has 5 heteroatoms. The van der Waals surface area contributed by atoms with Crippen LogP contribution in [0.15, 0.2) is 24.3 Å². The van der Waals surface area contributed by atoms with Gasteiger partial charge in [-0.1, -0.05) is 29.3 Å². The number of hydrogen-bond donors (Lipinski definition) is 2. The number of nitrogens with one attached hydrogen (secondary N) is 2. The van der Waals surface area contributed by atoms with Gasteiger partial charge in [0.05, 0.1) is 0 Å². The fraction of sp³-hybridized carbons (Fsp3) is 0.308. The number of halogens is 2. The lowest BCUT2D eigenvalue weighted by molar-refractivity contribution is -0.117. The van der Waals surface area contributed by atoms with Crippen LogP contribution in [0.2, 0.25) is 10.0 Å². The summed E-state index contributed by atoms with van der Waals surface area (Å²) in [7, 11) is 0. The smallest absolute Gasteiger partial charge is 0.244 e. The predicted octanol–water partition coefficient (Wildman–Crippen LogP) is 2.48. The Balaban J connectivity index is 1.94. The maximum atomic E-state index is 11.7. The lowest BCUT2D eigenvalue weighted by atomic mass is 10.2. The minimum Gasteiger partial charge on any atom is -0.348 e. The zero-order chi connectivity index (χ0) is 13.0. The summed E-state index contributed by atoms with van der Waals surface area (Å²) in [5, 5.41) is 7.23. The fourth-order valence-corrected chi connectivity index (χ4v) is 2.30. The summed E-state index contributed by atoms with van der Waals surface area (Å²) in [4.78, 5) is 11.7. The van der Waals surface area contributed by atoms with Crippen LogP contribution in [-0.4, -0.2) is 25.0 Å². The summed E-state index contributed by atoms with van der Waals surface area (Å²) in [6.45, 7) is 1.79. The Morgan fingerprint density at radius 1 is 1.44 bits per heavy atom. The Morgan fingerprint density at radius 3 is 2.94 bits per heavy atom. The highest BCUT2D eigenvalue weighted by Gasteiger charge is 2.14. The molecule has 1 heterocycles. The highest BCUT2D eigenvalue weighted by atomic mass is 35.5. The quantitative estimate of drug-likeness (QED) is 0.838. The molecule has 0 spiro atoms. The monoisotopic (exact) mass is 284 g/mol. The van der Waals surface area contributed by atoms with Crippen LogP contribution in [0, 0.1) is 0 Å². The fourth-order valence-electron chi connectivity index (χ4n) is 1.83. The van der Waals surface area contributed by atoms with E-state index in [1.54, 1.807) is 24.3 Å². The van der Waals surface area contributed by atoms with Crippen LogP contribution in [0.1, 0.15) is 12.0 Å². The van der Waals surface area contributed by atoms with Gasteiger partial charge in [0.15, 0.2) is 0 Å². The Morgan fingerprint density at radius 2 is 2.28 bits per heavy atom. The molecular weight excluding hydrogens is 271 g/mol. The first-order chi connectivity index (χ1) is 8.65. The molecule has 18 heavy (non-hydrogen) atoms. The second-order valence-corrected chi connectivity index (χ2v) is 5.04. The molecule has 2 N–H and O–H groups in total. The molecule has 1 aromatic rings. The van der Waals surface area contributed by atoms with E-state index in [9.17, 15) is 4.79 Å². The highest BCUT2D eigenvalue weighted by molar-refractivity contribution is 6.35. The zero-order valence-corrected chi connectivity index (χ0v) is 11.3. The molecule has 1 unspecified atom stereocenters. The van der Waals surface area contributed by atoms with Gasteiger partial charge in [0.2, 0.25) is 5.91 Å². The van der Waals surface area contributed by atoms with Gasteiger partial charge in [-0.15, -0.1) is 0 Å². The van der Waals surface area contributed by atoms with Gasteiger partial charge in [-0.3, -0.25) is 4.79 Å². The van der Waals surface area contributed by atoms with Crippen LogP contribution >= 0.6 is 23.2 Å². The largest absolute Gasteiger partial charge is 0.348 e. The second-order valence-electron chi connectivity index (χ2n) is 4.20. The molecule has 1 aliphatic heterocycles. The van der Waals surface area contributed by atoms with Gasteiger partial charge >= 0.3 is 0 Å². The summed E-state index contributed by atoms with van der Waals surface area (Å²) in [6.07, 6.45) is 4.16. The number of carbonyl (C=O) groups is 1. The first kappa shape index (κ1) is 13.4. The van der Waals surface area contributed by atoms with E-state index >= 15 is 0 Å². The van der Waals surface area contributed by atoms with Crippen molar-refractivity contribution >= 4 is 35.2 Å². The van der Waals surface area contributed by atoms with Gasteiger partial charge in [-0.25, -0.2) is 0 Å². The molecule has 0 aliphatic carbocycles. The molecule has 1 fully saturated rings. The average Bonchev–Trinajstić information content (AvgIpc) is 2.80. The molecule has 1 atom stereocenters. The average molecular weight is 285 g/mol. The Kier molecular flexibility index (Phi) is 4.64. The van der Waals surface area contributed by atoms with Crippen molar-refractivity contribution in [1.29, 1.82) is 0 Å². The van der Waals surface area contributed by atoms with E-state index < -0.39 is 0 Å². The van der Waals surface area contributed by atoms with Crippen molar-refractivity contribution in [3.05, 3.63) is 39.9 Å². The number of benzene rings is 1. The summed E-state index contributed by atoms with van der Waals surface area (Å²) < 4.78 is 0.